The summed E-state index contributed by atoms with van der Waals surface area (Å²) in [7, 11) is 0. The molecule has 0 unspecified atom stereocenters. The first-order valence-electron chi connectivity index (χ1n) is 4.25. The van der Waals surface area contributed by atoms with Crippen LogP contribution in [0.5, 0.6) is 5.88 Å². The third-order valence-electron chi connectivity index (χ3n) is 2.07. The van der Waals surface area contributed by atoms with Gasteiger partial charge in [-0.25, -0.2) is 0 Å². The minimum Gasteiger partial charge on any atom is -0.493 e. The summed E-state index contributed by atoms with van der Waals surface area (Å²) in [5, 5.41) is 14.1. The fourth-order valence-electron chi connectivity index (χ4n) is 1.42. The highest BCUT2D eigenvalue weighted by molar-refractivity contribution is 5.67. The van der Waals surface area contributed by atoms with Gasteiger partial charge in [0, 0.05) is 0 Å². The molecular weight excluding hydrogens is 180 g/mol. The zero-order valence-corrected chi connectivity index (χ0v) is 7.66. The van der Waals surface area contributed by atoms with Crippen molar-refractivity contribution in [2.24, 2.45) is 0 Å². The summed E-state index contributed by atoms with van der Waals surface area (Å²) in [6, 6.07) is 7.40. The van der Waals surface area contributed by atoms with E-state index in [9.17, 15) is 9.90 Å². The number of nitrogens with one attached hydrogen (secondary N) is 2. The molecule has 0 radical (unpaired) electrons. The lowest BCUT2D eigenvalue weighted by molar-refractivity contribution is 0.454. The molecule has 3 N–H and O–H groups in total. The molecule has 72 valence electrons. The summed E-state index contributed by atoms with van der Waals surface area (Å²) in [6.07, 6.45) is 0. The van der Waals surface area contributed by atoms with Crippen molar-refractivity contribution in [2.75, 3.05) is 0 Å². The highest BCUT2D eigenvalue weighted by Crippen LogP contribution is 2.23. The minimum absolute atomic E-state index is 0.124. The predicted octanol–water partition coefficient (Wildman–Crippen LogP) is 1.38. The number of benzene rings is 1. The highest BCUT2D eigenvalue weighted by Gasteiger charge is 2.10. The number of H-pyrrole nitrogens is 2. The molecule has 1 aromatic carbocycles. The Morgan fingerprint density at radius 1 is 1.29 bits per heavy atom. The number of hydrogen-bond donors (Lipinski definition) is 3. The Morgan fingerprint density at radius 2 is 2.07 bits per heavy atom. The number of rotatable bonds is 1. The zero-order valence-electron chi connectivity index (χ0n) is 7.66. The lowest BCUT2D eigenvalue weighted by atomic mass is 10.1. The van der Waals surface area contributed by atoms with Crippen molar-refractivity contribution >= 4 is 0 Å². The Hall–Kier alpha value is -1.97. The maximum Gasteiger partial charge on any atom is 0.275 e. The van der Waals surface area contributed by atoms with Crippen LogP contribution in [0, 0.1) is 6.92 Å². The normalized spacial score (nSPS) is 10.4. The maximum absolute atomic E-state index is 11.3. The lowest BCUT2D eigenvalue weighted by Gasteiger charge is -1.98. The first-order valence-corrected chi connectivity index (χ1v) is 4.25. The van der Waals surface area contributed by atoms with E-state index in [1.54, 1.807) is 6.07 Å². The van der Waals surface area contributed by atoms with Gasteiger partial charge in [0.25, 0.3) is 5.56 Å². The number of aromatic hydroxyl groups is 1. The molecule has 0 fully saturated rings. The van der Waals surface area contributed by atoms with Crippen LogP contribution < -0.4 is 5.56 Å². The van der Waals surface area contributed by atoms with E-state index in [1.807, 2.05) is 25.1 Å². The number of aryl methyl sites for hydroxylation is 1. The third kappa shape index (κ3) is 1.31. The molecule has 1 aromatic heterocycles. The van der Waals surface area contributed by atoms with Gasteiger partial charge in [0.1, 0.15) is 5.56 Å². The van der Waals surface area contributed by atoms with Crippen LogP contribution in [0.3, 0.4) is 0 Å². The van der Waals surface area contributed by atoms with Gasteiger partial charge < -0.3 is 5.11 Å². The number of hydrogen-bond acceptors (Lipinski definition) is 2. The Morgan fingerprint density at radius 3 is 2.64 bits per heavy atom. The Bertz CT molecular complexity index is 511. The smallest absolute Gasteiger partial charge is 0.275 e. The molecule has 2 aromatic rings. The first kappa shape index (κ1) is 8.62. The minimum atomic E-state index is -0.312. The van der Waals surface area contributed by atoms with Crippen LogP contribution in [-0.2, 0) is 0 Å². The summed E-state index contributed by atoms with van der Waals surface area (Å²) < 4.78 is 0. The fraction of sp³-hybridized carbons (Fsp3) is 0.100. The van der Waals surface area contributed by atoms with Crippen molar-refractivity contribution in [2.45, 2.75) is 6.92 Å². The lowest BCUT2D eigenvalue weighted by Crippen LogP contribution is -2.01. The van der Waals surface area contributed by atoms with Gasteiger partial charge in [-0.2, -0.15) is 0 Å². The van der Waals surface area contributed by atoms with Crippen LogP contribution in [0.4, 0.5) is 0 Å². The van der Waals surface area contributed by atoms with E-state index in [2.05, 4.69) is 10.2 Å². The molecule has 0 aliphatic rings. The summed E-state index contributed by atoms with van der Waals surface area (Å²) >= 11 is 0. The van der Waals surface area contributed by atoms with Gasteiger partial charge in [-0.05, 0) is 12.5 Å². The molecule has 0 bridgehead atoms. The summed E-state index contributed by atoms with van der Waals surface area (Å²) in [5.74, 6) is -0.124. The molecule has 0 spiro atoms. The topological polar surface area (TPSA) is 68.9 Å². The van der Waals surface area contributed by atoms with Crippen molar-refractivity contribution < 1.29 is 5.11 Å². The number of aromatic amines is 2. The maximum atomic E-state index is 11.3. The van der Waals surface area contributed by atoms with Crippen molar-refractivity contribution in [3.63, 3.8) is 0 Å². The molecule has 0 saturated carbocycles. The van der Waals surface area contributed by atoms with Crippen LogP contribution in [0.25, 0.3) is 11.1 Å². The molecule has 14 heavy (non-hydrogen) atoms. The monoisotopic (exact) mass is 190 g/mol. The van der Waals surface area contributed by atoms with Gasteiger partial charge in [0.15, 0.2) is 0 Å². The van der Waals surface area contributed by atoms with Gasteiger partial charge in [-0.1, -0.05) is 29.8 Å². The van der Waals surface area contributed by atoms with Crippen LogP contribution in [0.2, 0.25) is 0 Å². The first-order chi connectivity index (χ1) is 6.68. The predicted molar refractivity (Wildman–Crippen MR) is 53.3 cm³/mol. The van der Waals surface area contributed by atoms with Crippen LogP contribution in [-0.4, -0.2) is 15.3 Å². The van der Waals surface area contributed by atoms with E-state index in [-0.39, 0.29) is 17.0 Å². The molecule has 0 atom stereocenters. The fourth-order valence-corrected chi connectivity index (χ4v) is 1.42. The highest BCUT2D eigenvalue weighted by atomic mass is 16.3. The van der Waals surface area contributed by atoms with Gasteiger partial charge in [0.05, 0.1) is 0 Å². The molecular formula is C10H10N2O2. The Labute approximate surface area is 80.2 Å². The quantitative estimate of drug-likeness (QED) is 0.635. The van der Waals surface area contributed by atoms with Gasteiger partial charge in [-0.3, -0.25) is 15.0 Å². The van der Waals surface area contributed by atoms with Crippen LogP contribution >= 0.6 is 0 Å². The molecule has 2 rings (SSSR count). The van der Waals surface area contributed by atoms with Crippen molar-refractivity contribution in [1.29, 1.82) is 0 Å². The third-order valence-corrected chi connectivity index (χ3v) is 2.07. The van der Waals surface area contributed by atoms with Crippen LogP contribution in [0.1, 0.15) is 5.56 Å². The second-order valence-corrected chi connectivity index (χ2v) is 3.17. The van der Waals surface area contributed by atoms with E-state index in [0.717, 1.165) is 5.56 Å². The molecule has 0 saturated heterocycles. The van der Waals surface area contributed by atoms with E-state index < -0.39 is 0 Å². The largest absolute Gasteiger partial charge is 0.493 e. The van der Waals surface area contributed by atoms with Crippen LogP contribution in [0.15, 0.2) is 29.1 Å². The molecule has 4 heteroatoms. The molecule has 0 amide bonds. The van der Waals surface area contributed by atoms with Crippen molar-refractivity contribution in [1.82, 2.24) is 10.2 Å². The molecule has 0 aliphatic carbocycles. The molecule has 1 heterocycles. The van der Waals surface area contributed by atoms with E-state index in [1.165, 1.54) is 0 Å². The standard InChI is InChI=1S/C10H10N2O2/c1-6-3-2-4-7(5-6)8-9(13)11-12-10(8)14/h2-5H,1H3,(H3,11,12,13,14). The van der Waals surface area contributed by atoms with E-state index >= 15 is 0 Å². The molecule has 0 aliphatic heterocycles. The second-order valence-electron chi connectivity index (χ2n) is 3.17. The number of aromatic nitrogens is 2. The van der Waals surface area contributed by atoms with Gasteiger partial charge >= 0.3 is 0 Å². The average Bonchev–Trinajstić information content (AvgIpc) is 2.46. The Kier molecular flexibility index (Phi) is 1.89. The van der Waals surface area contributed by atoms with E-state index in [4.69, 9.17) is 0 Å². The van der Waals surface area contributed by atoms with Gasteiger partial charge in [-0.15, -0.1) is 0 Å². The summed E-state index contributed by atoms with van der Waals surface area (Å²) in [6.45, 7) is 1.93. The SMILES string of the molecule is Cc1cccc(-c2c(O)[nH][nH]c2=O)c1. The summed E-state index contributed by atoms with van der Waals surface area (Å²) in [5.41, 5.74) is 1.73. The van der Waals surface area contributed by atoms with Crippen molar-refractivity contribution in [3.8, 4) is 17.0 Å². The van der Waals surface area contributed by atoms with E-state index in [0.29, 0.717) is 5.56 Å². The summed E-state index contributed by atoms with van der Waals surface area (Å²) in [4.78, 5) is 11.3. The Balaban J connectivity index is 2.66. The zero-order chi connectivity index (χ0) is 10.1. The molecule has 4 nitrogen and oxygen atoms in total. The second kappa shape index (κ2) is 3.06. The average molecular weight is 190 g/mol. The van der Waals surface area contributed by atoms with Crippen molar-refractivity contribution in [3.05, 3.63) is 40.2 Å². The van der Waals surface area contributed by atoms with Gasteiger partial charge in [0.2, 0.25) is 5.88 Å².